The van der Waals surface area contributed by atoms with Crippen LogP contribution in [0.5, 0.6) is 0 Å². The minimum absolute atomic E-state index is 0.487. The third-order valence-electron chi connectivity index (χ3n) is 3.31. The van der Waals surface area contributed by atoms with E-state index in [-0.39, 0.29) is 0 Å². The summed E-state index contributed by atoms with van der Waals surface area (Å²) in [6, 6.07) is 6.32. The molecule has 1 rings (SSSR count). The molecule has 16 heavy (non-hydrogen) atoms. The number of benzene rings is 1. The lowest BCUT2D eigenvalue weighted by Crippen LogP contribution is -2.33. The molecule has 0 aromatic heterocycles. The second-order valence-electron chi connectivity index (χ2n) is 4.76. The second kappa shape index (κ2) is 5.15. The van der Waals surface area contributed by atoms with Crippen LogP contribution >= 0.6 is 0 Å². The molecule has 1 aromatic carbocycles. The molecule has 1 unspecified atom stereocenters. The van der Waals surface area contributed by atoms with Gasteiger partial charge in [-0.2, -0.15) is 0 Å². The molecule has 0 fully saturated rings. The number of rotatable bonds is 4. The Morgan fingerprint density at radius 1 is 1.25 bits per heavy atom. The summed E-state index contributed by atoms with van der Waals surface area (Å²) in [5.74, 6) is 0.607. The van der Waals surface area contributed by atoms with Gasteiger partial charge in [0.25, 0.3) is 0 Å². The Morgan fingerprint density at radius 2 is 1.88 bits per heavy atom. The normalized spacial score (nSPS) is 12.6. The van der Waals surface area contributed by atoms with Crippen molar-refractivity contribution in [2.45, 2.75) is 33.7 Å². The number of anilines is 1. The van der Waals surface area contributed by atoms with Gasteiger partial charge in [0.05, 0.1) is 0 Å². The maximum atomic E-state index is 10.7. The Kier molecular flexibility index (Phi) is 4.11. The van der Waals surface area contributed by atoms with Gasteiger partial charge in [-0.15, -0.1) is 0 Å². The van der Waals surface area contributed by atoms with Crippen molar-refractivity contribution in [2.24, 2.45) is 5.92 Å². The van der Waals surface area contributed by atoms with Crippen molar-refractivity contribution in [1.29, 1.82) is 0 Å². The molecule has 0 saturated carbocycles. The van der Waals surface area contributed by atoms with E-state index in [4.69, 9.17) is 0 Å². The number of carbonyl (C=O) groups excluding carboxylic acids is 1. The van der Waals surface area contributed by atoms with Crippen molar-refractivity contribution in [3.8, 4) is 0 Å². The summed E-state index contributed by atoms with van der Waals surface area (Å²) in [4.78, 5) is 12.9. The third-order valence-corrected chi connectivity index (χ3v) is 3.31. The average molecular weight is 219 g/mol. The largest absolute Gasteiger partial charge is 0.371 e. The Labute approximate surface area is 98.3 Å². The summed E-state index contributed by atoms with van der Waals surface area (Å²) in [6.07, 6.45) is 0.892. The molecular weight excluding hydrogens is 198 g/mol. The molecule has 0 heterocycles. The number of hydrogen-bond acceptors (Lipinski definition) is 2. The van der Waals surface area contributed by atoms with Crippen LogP contribution in [0, 0.1) is 12.8 Å². The molecule has 0 aliphatic carbocycles. The van der Waals surface area contributed by atoms with Gasteiger partial charge in [-0.25, -0.2) is 0 Å². The second-order valence-corrected chi connectivity index (χ2v) is 4.76. The quantitative estimate of drug-likeness (QED) is 0.724. The van der Waals surface area contributed by atoms with Crippen molar-refractivity contribution in [2.75, 3.05) is 11.9 Å². The van der Waals surface area contributed by atoms with Gasteiger partial charge in [0.2, 0.25) is 0 Å². The Balaban J connectivity index is 3.00. The van der Waals surface area contributed by atoms with Gasteiger partial charge >= 0.3 is 0 Å². The van der Waals surface area contributed by atoms with Crippen molar-refractivity contribution in [1.82, 2.24) is 0 Å². The molecule has 0 spiro atoms. The zero-order chi connectivity index (χ0) is 12.3. The molecule has 1 atom stereocenters. The van der Waals surface area contributed by atoms with E-state index in [1.54, 1.807) is 0 Å². The van der Waals surface area contributed by atoms with Crippen LogP contribution in [0.25, 0.3) is 0 Å². The van der Waals surface area contributed by atoms with Gasteiger partial charge in [-0.3, -0.25) is 4.79 Å². The predicted molar refractivity (Wildman–Crippen MR) is 69.3 cm³/mol. The van der Waals surface area contributed by atoms with E-state index in [9.17, 15) is 4.79 Å². The van der Waals surface area contributed by atoms with Crippen LogP contribution in [0.3, 0.4) is 0 Å². The molecule has 0 bridgehead atoms. The topological polar surface area (TPSA) is 20.3 Å². The summed E-state index contributed by atoms with van der Waals surface area (Å²) < 4.78 is 0. The molecular formula is C14H21NO. The molecule has 0 amide bonds. The van der Waals surface area contributed by atoms with Crippen LogP contribution in [-0.4, -0.2) is 19.4 Å². The van der Waals surface area contributed by atoms with Crippen LogP contribution in [0.4, 0.5) is 5.69 Å². The van der Waals surface area contributed by atoms with Crippen molar-refractivity contribution < 1.29 is 4.79 Å². The average Bonchev–Trinajstić information content (AvgIpc) is 2.26. The predicted octanol–water partition coefficient (Wildman–Crippen LogP) is 3.29. The minimum Gasteiger partial charge on any atom is -0.371 e. The molecule has 0 saturated heterocycles. The SMILES string of the molecule is Cc1cc(C=O)ccc1N(C)C(C)C(C)C. The van der Waals surface area contributed by atoms with Gasteiger partial charge in [-0.05, 0) is 43.5 Å². The maximum Gasteiger partial charge on any atom is 0.150 e. The van der Waals surface area contributed by atoms with E-state index < -0.39 is 0 Å². The lowest BCUT2D eigenvalue weighted by Gasteiger charge is -2.31. The highest BCUT2D eigenvalue weighted by Crippen LogP contribution is 2.23. The molecule has 88 valence electrons. The highest BCUT2D eigenvalue weighted by Gasteiger charge is 2.15. The Hall–Kier alpha value is -1.31. The van der Waals surface area contributed by atoms with E-state index in [2.05, 4.69) is 32.7 Å². The van der Waals surface area contributed by atoms with Gasteiger partial charge in [0, 0.05) is 24.3 Å². The van der Waals surface area contributed by atoms with Crippen LogP contribution in [-0.2, 0) is 0 Å². The number of hydrogen-bond donors (Lipinski definition) is 0. The van der Waals surface area contributed by atoms with Crippen molar-refractivity contribution in [3.63, 3.8) is 0 Å². The summed E-state index contributed by atoms with van der Waals surface area (Å²) in [6.45, 7) is 8.70. The molecule has 0 radical (unpaired) electrons. The van der Waals surface area contributed by atoms with Gasteiger partial charge in [-0.1, -0.05) is 13.8 Å². The fraction of sp³-hybridized carbons (Fsp3) is 0.500. The first-order chi connectivity index (χ1) is 7.47. The number of aryl methyl sites for hydroxylation is 1. The van der Waals surface area contributed by atoms with E-state index >= 15 is 0 Å². The fourth-order valence-corrected chi connectivity index (χ4v) is 1.81. The molecule has 1 aromatic rings. The van der Waals surface area contributed by atoms with Crippen molar-refractivity contribution >= 4 is 12.0 Å². The summed E-state index contributed by atoms with van der Waals surface area (Å²) in [7, 11) is 2.10. The highest BCUT2D eigenvalue weighted by atomic mass is 16.1. The van der Waals surface area contributed by atoms with Gasteiger partial charge in [0.15, 0.2) is 0 Å². The zero-order valence-electron chi connectivity index (χ0n) is 10.8. The van der Waals surface area contributed by atoms with Crippen LogP contribution in [0.1, 0.15) is 36.7 Å². The van der Waals surface area contributed by atoms with E-state index in [1.807, 2.05) is 25.1 Å². The monoisotopic (exact) mass is 219 g/mol. The zero-order valence-corrected chi connectivity index (χ0v) is 10.8. The first-order valence-corrected chi connectivity index (χ1v) is 5.76. The van der Waals surface area contributed by atoms with Crippen molar-refractivity contribution in [3.05, 3.63) is 29.3 Å². The van der Waals surface area contributed by atoms with Crippen LogP contribution in [0.2, 0.25) is 0 Å². The van der Waals surface area contributed by atoms with Gasteiger partial charge in [0.1, 0.15) is 6.29 Å². The Bertz CT molecular complexity index is 371. The summed E-state index contributed by atoms with van der Waals surface area (Å²) in [5, 5.41) is 0. The number of nitrogens with zero attached hydrogens (tertiary/aromatic N) is 1. The first kappa shape index (κ1) is 12.8. The first-order valence-electron chi connectivity index (χ1n) is 5.76. The maximum absolute atomic E-state index is 10.7. The van der Waals surface area contributed by atoms with Crippen LogP contribution in [0.15, 0.2) is 18.2 Å². The number of aldehydes is 1. The molecule has 2 nitrogen and oxygen atoms in total. The minimum atomic E-state index is 0.487. The molecule has 2 heteroatoms. The lowest BCUT2D eigenvalue weighted by atomic mass is 10.0. The van der Waals surface area contributed by atoms with E-state index in [1.165, 1.54) is 5.69 Å². The summed E-state index contributed by atoms with van der Waals surface area (Å²) in [5.41, 5.74) is 3.10. The third kappa shape index (κ3) is 2.63. The fourth-order valence-electron chi connectivity index (χ4n) is 1.81. The molecule has 0 N–H and O–H groups in total. The Morgan fingerprint density at radius 3 is 2.31 bits per heavy atom. The van der Waals surface area contributed by atoms with Crippen LogP contribution < -0.4 is 4.90 Å². The van der Waals surface area contributed by atoms with E-state index in [0.717, 1.165) is 17.4 Å². The smallest absolute Gasteiger partial charge is 0.150 e. The van der Waals surface area contributed by atoms with Gasteiger partial charge < -0.3 is 4.90 Å². The molecule has 0 aliphatic rings. The van der Waals surface area contributed by atoms with E-state index in [0.29, 0.717) is 12.0 Å². The summed E-state index contributed by atoms with van der Waals surface area (Å²) >= 11 is 0. The lowest BCUT2D eigenvalue weighted by molar-refractivity contribution is 0.112. The molecule has 0 aliphatic heterocycles. The number of carbonyl (C=O) groups is 1. The standard InChI is InChI=1S/C14H21NO/c1-10(2)12(4)15(5)14-7-6-13(9-16)8-11(14)3/h6-10,12H,1-5H3. The highest BCUT2D eigenvalue weighted by molar-refractivity contribution is 5.77.